The minimum Gasteiger partial charge on any atom is -0.403 e. The van der Waals surface area contributed by atoms with Crippen LogP contribution in [0.5, 0.6) is 5.75 Å². The average Bonchev–Trinajstić information content (AvgIpc) is 2.55. The molecule has 1 heterocycles. The van der Waals surface area contributed by atoms with Gasteiger partial charge in [0, 0.05) is 23.3 Å². The van der Waals surface area contributed by atoms with Crippen molar-refractivity contribution in [1.82, 2.24) is 4.98 Å². The van der Waals surface area contributed by atoms with E-state index >= 15 is 0 Å². The molecule has 0 saturated heterocycles. The van der Waals surface area contributed by atoms with Crippen LogP contribution in [0.2, 0.25) is 10.0 Å². The maximum absolute atomic E-state index is 12.6. The molecule has 0 atom stereocenters. The topological polar surface area (TPSA) is 34.1 Å². The highest BCUT2D eigenvalue weighted by molar-refractivity contribution is 6.42. The zero-order valence-electron chi connectivity index (χ0n) is 13.5. The quantitative estimate of drug-likeness (QED) is 0.552. The maximum Gasteiger partial charge on any atom is 0.573 e. The number of halogens is 5. The molecule has 0 saturated carbocycles. The van der Waals surface area contributed by atoms with Crippen molar-refractivity contribution in [3.63, 3.8) is 0 Å². The SMILES string of the molecule is Cc1cc(NCc2ccc(Cl)c(Cl)c2)c2cccc(OC(F)(F)F)c2n1. The standard InChI is InChI=1S/C18H13Cl2F3N2O/c1-10-7-15(24-9-11-5-6-13(19)14(20)8-11)12-3-2-4-16(17(12)25-10)26-18(21,22)23/h2-8H,9H2,1H3,(H,24,25). The molecule has 1 aromatic heterocycles. The Kier molecular flexibility index (Phi) is 5.16. The van der Waals surface area contributed by atoms with E-state index in [9.17, 15) is 13.2 Å². The highest BCUT2D eigenvalue weighted by atomic mass is 35.5. The van der Waals surface area contributed by atoms with Crippen LogP contribution in [0.25, 0.3) is 10.9 Å². The summed E-state index contributed by atoms with van der Waals surface area (Å²) in [6, 6.07) is 11.4. The summed E-state index contributed by atoms with van der Waals surface area (Å²) in [5.41, 5.74) is 2.23. The van der Waals surface area contributed by atoms with Crippen LogP contribution in [0.15, 0.2) is 42.5 Å². The van der Waals surface area contributed by atoms with Crippen molar-refractivity contribution < 1.29 is 17.9 Å². The third-order valence-electron chi connectivity index (χ3n) is 3.62. The summed E-state index contributed by atoms with van der Waals surface area (Å²) in [7, 11) is 0. The maximum atomic E-state index is 12.6. The number of nitrogens with zero attached hydrogens (tertiary/aromatic N) is 1. The highest BCUT2D eigenvalue weighted by Crippen LogP contribution is 2.33. The van der Waals surface area contributed by atoms with Gasteiger partial charge in [0.05, 0.1) is 10.0 Å². The van der Waals surface area contributed by atoms with Crippen LogP contribution in [0.3, 0.4) is 0 Å². The van der Waals surface area contributed by atoms with E-state index in [1.807, 2.05) is 6.07 Å². The molecule has 8 heteroatoms. The normalized spacial score (nSPS) is 11.6. The second kappa shape index (κ2) is 7.21. The van der Waals surface area contributed by atoms with Crippen molar-refractivity contribution in [2.75, 3.05) is 5.32 Å². The first-order valence-corrected chi connectivity index (χ1v) is 8.32. The average molecular weight is 401 g/mol. The second-order valence-corrected chi connectivity index (χ2v) is 6.43. The van der Waals surface area contributed by atoms with Crippen LogP contribution in [0, 0.1) is 6.92 Å². The number of hydrogen-bond donors (Lipinski definition) is 1. The molecule has 0 aliphatic heterocycles. The molecule has 0 unspecified atom stereocenters. The number of nitrogens with one attached hydrogen (secondary N) is 1. The Morgan fingerprint density at radius 2 is 1.85 bits per heavy atom. The summed E-state index contributed by atoms with van der Waals surface area (Å²) in [5, 5.41) is 4.61. The predicted octanol–water partition coefficient (Wildman–Crippen LogP) is 6.36. The number of anilines is 1. The molecule has 136 valence electrons. The van der Waals surface area contributed by atoms with E-state index in [-0.39, 0.29) is 11.3 Å². The fraction of sp³-hybridized carbons (Fsp3) is 0.167. The molecule has 3 rings (SSSR count). The van der Waals surface area contributed by atoms with E-state index in [0.29, 0.717) is 33.4 Å². The summed E-state index contributed by atoms with van der Waals surface area (Å²) in [6.07, 6.45) is -4.78. The zero-order chi connectivity index (χ0) is 18.9. The van der Waals surface area contributed by atoms with Crippen molar-refractivity contribution in [3.8, 4) is 5.75 Å². The number of aromatic nitrogens is 1. The fourth-order valence-corrected chi connectivity index (χ4v) is 2.87. The highest BCUT2D eigenvalue weighted by Gasteiger charge is 2.32. The first-order valence-electron chi connectivity index (χ1n) is 7.57. The second-order valence-electron chi connectivity index (χ2n) is 5.61. The Morgan fingerprint density at radius 3 is 2.54 bits per heavy atom. The van der Waals surface area contributed by atoms with Crippen LogP contribution >= 0.6 is 23.2 Å². The Labute approximate surface area is 157 Å². The van der Waals surface area contributed by atoms with Crippen LogP contribution in [-0.4, -0.2) is 11.3 Å². The van der Waals surface area contributed by atoms with Crippen LogP contribution < -0.4 is 10.1 Å². The smallest absolute Gasteiger partial charge is 0.403 e. The van der Waals surface area contributed by atoms with E-state index < -0.39 is 6.36 Å². The van der Waals surface area contributed by atoms with Gasteiger partial charge in [-0.05, 0) is 36.8 Å². The van der Waals surface area contributed by atoms with Crippen LogP contribution in [0.4, 0.5) is 18.9 Å². The predicted molar refractivity (Wildman–Crippen MR) is 97.0 cm³/mol. The number of ether oxygens (including phenoxy) is 1. The molecule has 1 N–H and O–H groups in total. The summed E-state index contributed by atoms with van der Waals surface area (Å²) in [5.74, 6) is -0.337. The van der Waals surface area contributed by atoms with Gasteiger partial charge in [-0.15, -0.1) is 13.2 Å². The fourth-order valence-electron chi connectivity index (χ4n) is 2.55. The van der Waals surface area contributed by atoms with Gasteiger partial charge in [-0.3, -0.25) is 0 Å². The molecular weight excluding hydrogens is 388 g/mol. The summed E-state index contributed by atoms with van der Waals surface area (Å²) in [4.78, 5) is 4.20. The van der Waals surface area contributed by atoms with Crippen molar-refractivity contribution >= 4 is 39.8 Å². The van der Waals surface area contributed by atoms with E-state index in [4.69, 9.17) is 23.2 Å². The van der Waals surface area contributed by atoms with E-state index in [1.54, 1.807) is 31.2 Å². The molecule has 0 aliphatic carbocycles. The van der Waals surface area contributed by atoms with E-state index in [1.165, 1.54) is 12.1 Å². The van der Waals surface area contributed by atoms with Crippen molar-refractivity contribution in [1.29, 1.82) is 0 Å². The first kappa shape index (κ1) is 18.6. The lowest BCUT2D eigenvalue weighted by Gasteiger charge is -2.15. The van der Waals surface area contributed by atoms with Gasteiger partial charge >= 0.3 is 6.36 Å². The molecule has 26 heavy (non-hydrogen) atoms. The first-order chi connectivity index (χ1) is 12.2. The van der Waals surface area contributed by atoms with Gasteiger partial charge in [0.1, 0.15) is 5.52 Å². The molecule has 0 bridgehead atoms. The Balaban J connectivity index is 1.95. The number of fused-ring (bicyclic) bond motifs is 1. The minimum atomic E-state index is -4.78. The zero-order valence-corrected chi connectivity index (χ0v) is 15.0. The number of aryl methyl sites for hydroxylation is 1. The lowest BCUT2D eigenvalue weighted by Crippen LogP contribution is -2.17. The van der Waals surface area contributed by atoms with Gasteiger partial charge in [0.25, 0.3) is 0 Å². The molecule has 0 radical (unpaired) electrons. The summed E-state index contributed by atoms with van der Waals surface area (Å²) < 4.78 is 42.0. The lowest BCUT2D eigenvalue weighted by molar-refractivity contribution is -0.274. The molecule has 0 fully saturated rings. The molecule has 0 aliphatic rings. The van der Waals surface area contributed by atoms with Crippen molar-refractivity contribution in [2.45, 2.75) is 19.8 Å². The monoisotopic (exact) mass is 400 g/mol. The summed E-state index contributed by atoms with van der Waals surface area (Å²) in [6.45, 7) is 2.12. The summed E-state index contributed by atoms with van der Waals surface area (Å²) >= 11 is 11.9. The van der Waals surface area contributed by atoms with Gasteiger partial charge in [0.15, 0.2) is 5.75 Å². The van der Waals surface area contributed by atoms with E-state index in [2.05, 4.69) is 15.0 Å². The molecule has 2 aromatic carbocycles. The third kappa shape index (κ3) is 4.31. The molecule has 3 nitrogen and oxygen atoms in total. The number of pyridine rings is 1. The number of rotatable bonds is 4. The van der Waals surface area contributed by atoms with Crippen LogP contribution in [0.1, 0.15) is 11.3 Å². The largest absolute Gasteiger partial charge is 0.573 e. The molecule has 3 aromatic rings. The van der Waals surface area contributed by atoms with Crippen LogP contribution in [-0.2, 0) is 6.54 Å². The third-order valence-corrected chi connectivity index (χ3v) is 4.36. The minimum absolute atomic E-state index is 0.140. The number of para-hydroxylation sites is 1. The molecule has 0 amide bonds. The van der Waals surface area contributed by atoms with Gasteiger partial charge in [-0.2, -0.15) is 0 Å². The van der Waals surface area contributed by atoms with Gasteiger partial charge in [0.2, 0.25) is 0 Å². The van der Waals surface area contributed by atoms with Gasteiger partial charge in [-0.1, -0.05) is 41.4 Å². The number of alkyl halides is 3. The Bertz CT molecular complexity index is 961. The number of hydrogen-bond acceptors (Lipinski definition) is 3. The van der Waals surface area contributed by atoms with E-state index in [0.717, 1.165) is 5.56 Å². The van der Waals surface area contributed by atoms with Crippen molar-refractivity contribution in [3.05, 3.63) is 63.8 Å². The Hall–Kier alpha value is -2.18. The van der Waals surface area contributed by atoms with Gasteiger partial charge in [-0.25, -0.2) is 4.98 Å². The Morgan fingerprint density at radius 1 is 1.08 bits per heavy atom. The van der Waals surface area contributed by atoms with Gasteiger partial charge < -0.3 is 10.1 Å². The molecular formula is C18H13Cl2F3N2O. The number of benzene rings is 2. The molecule has 0 spiro atoms. The lowest BCUT2D eigenvalue weighted by atomic mass is 10.1. The van der Waals surface area contributed by atoms with Crippen molar-refractivity contribution in [2.24, 2.45) is 0 Å².